The highest BCUT2D eigenvalue weighted by Gasteiger charge is 2.20. The number of nitrogens with one attached hydrogen (secondary N) is 1. The van der Waals surface area contributed by atoms with E-state index in [9.17, 15) is 4.39 Å². The molecule has 2 aromatic carbocycles. The Hall–Kier alpha value is -2.07. The van der Waals surface area contributed by atoms with E-state index in [1.54, 1.807) is 13.2 Å². The molecule has 3 rings (SSSR count). The largest absolute Gasteiger partial charge is 0.495 e. The van der Waals surface area contributed by atoms with Gasteiger partial charge in [0, 0.05) is 31.2 Å². The number of anilines is 1. The van der Waals surface area contributed by atoms with Crippen LogP contribution in [0, 0.1) is 5.82 Å². The summed E-state index contributed by atoms with van der Waals surface area (Å²) in [4.78, 5) is 2.32. The maximum Gasteiger partial charge on any atom is 0.141 e. The van der Waals surface area contributed by atoms with Crippen molar-refractivity contribution in [2.75, 3.05) is 25.5 Å². The van der Waals surface area contributed by atoms with E-state index in [0.29, 0.717) is 12.6 Å². The van der Waals surface area contributed by atoms with E-state index in [4.69, 9.17) is 4.74 Å². The number of ether oxygens (including phenoxy) is 1. The molecule has 0 bridgehead atoms. The van der Waals surface area contributed by atoms with E-state index >= 15 is 0 Å². The molecule has 0 amide bonds. The summed E-state index contributed by atoms with van der Waals surface area (Å²) in [6.45, 7) is 2.64. The van der Waals surface area contributed by atoms with Gasteiger partial charge < -0.3 is 10.1 Å². The van der Waals surface area contributed by atoms with Crippen molar-refractivity contribution in [1.29, 1.82) is 0 Å². The van der Waals surface area contributed by atoms with Crippen LogP contribution in [0.4, 0.5) is 10.1 Å². The molecule has 2 aromatic rings. The molecule has 23 heavy (non-hydrogen) atoms. The monoisotopic (exact) mass is 314 g/mol. The molecule has 1 fully saturated rings. The Morgan fingerprint density at radius 2 is 1.78 bits per heavy atom. The number of piperidine rings is 1. The van der Waals surface area contributed by atoms with Crippen LogP contribution in [-0.4, -0.2) is 31.1 Å². The lowest BCUT2D eigenvalue weighted by molar-refractivity contribution is 0.209. The van der Waals surface area contributed by atoms with Crippen molar-refractivity contribution in [3.63, 3.8) is 0 Å². The lowest BCUT2D eigenvalue weighted by Crippen LogP contribution is -2.38. The molecule has 0 unspecified atom stereocenters. The minimum Gasteiger partial charge on any atom is -0.495 e. The number of rotatable bonds is 5. The first kappa shape index (κ1) is 15.8. The summed E-state index contributed by atoms with van der Waals surface area (Å²) in [5, 5.41) is 3.57. The van der Waals surface area contributed by atoms with Gasteiger partial charge >= 0.3 is 0 Å². The summed E-state index contributed by atoms with van der Waals surface area (Å²) in [5.74, 6) is 0.767. The Kier molecular flexibility index (Phi) is 5.13. The Bertz CT molecular complexity index is 639. The number of hydrogen-bond donors (Lipinski definition) is 1. The quantitative estimate of drug-likeness (QED) is 0.905. The topological polar surface area (TPSA) is 24.5 Å². The molecule has 0 aliphatic carbocycles. The highest BCUT2D eigenvalue weighted by Crippen LogP contribution is 2.26. The predicted octanol–water partition coefficient (Wildman–Crippen LogP) is 3.91. The highest BCUT2D eigenvalue weighted by molar-refractivity contribution is 5.56. The third-order valence-corrected chi connectivity index (χ3v) is 4.41. The van der Waals surface area contributed by atoms with E-state index in [0.717, 1.165) is 42.9 Å². The van der Waals surface area contributed by atoms with Crippen molar-refractivity contribution in [3.05, 3.63) is 59.9 Å². The third-order valence-electron chi connectivity index (χ3n) is 4.41. The van der Waals surface area contributed by atoms with Gasteiger partial charge in [0.2, 0.25) is 0 Å². The molecule has 0 spiro atoms. The molecular formula is C19H23FN2O. The summed E-state index contributed by atoms with van der Waals surface area (Å²) in [5.41, 5.74) is 1.83. The lowest BCUT2D eigenvalue weighted by atomic mass is 10.0. The number of hydrogen-bond acceptors (Lipinski definition) is 3. The van der Waals surface area contributed by atoms with Gasteiger partial charge in [0.25, 0.3) is 0 Å². The van der Waals surface area contributed by atoms with Crippen molar-refractivity contribution in [1.82, 2.24) is 4.90 Å². The zero-order valence-corrected chi connectivity index (χ0v) is 13.5. The molecule has 3 nitrogen and oxygen atoms in total. The summed E-state index contributed by atoms with van der Waals surface area (Å²) < 4.78 is 19.1. The molecule has 1 heterocycles. The summed E-state index contributed by atoms with van der Waals surface area (Å²) in [7, 11) is 1.69. The Balaban J connectivity index is 1.53. The molecule has 0 atom stereocenters. The van der Waals surface area contributed by atoms with Crippen LogP contribution in [0.1, 0.15) is 18.4 Å². The first-order valence-corrected chi connectivity index (χ1v) is 8.11. The molecule has 1 aliphatic rings. The number of para-hydroxylation sites is 2. The SMILES string of the molecule is COc1ccccc1NC1CCN(Cc2ccccc2F)CC1. The molecular weight excluding hydrogens is 291 g/mol. The molecule has 0 saturated carbocycles. The Labute approximate surface area is 137 Å². The summed E-state index contributed by atoms with van der Waals surface area (Å²) in [6.07, 6.45) is 2.10. The van der Waals surface area contributed by atoms with Gasteiger partial charge in [-0.1, -0.05) is 30.3 Å². The molecule has 0 radical (unpaired) electrons. The maximum atomic E-state index is 13.7. The first-order valence-electron chi connectivity index (χ1n) is 8.11. The van der Waals surface area contributed by atoms with Crippen LogP contribution in [0.15, 0.2) is 48.5 Å². The third kappa shape index (κ3) is 4.02. The van der Waals surface area contributed by atoms with Crippen LogP contribution in [0.3, 0.4) is 0 Å². The number of methoxy groups -OCH3 is 1. The number of halogens is 1. The molecule has 0 aromatic heterocycles. The molecule has 122 valence electrons. The fourth-order valence-electron chi connectivity index (χ4n) is 3.09. The van der Waals surface area contributed by atoms with Crippen LogP contribution in [0.5, 0.6) is 5.75 Å². The van der Waals surface area contributed by atoms with Gasteiger partial charge in [0.15, 0.2) is 0 Å². The van der Waals surface area contributed by atoms with Crippen molar-refractivity contribution in [2.24, 2.45) is 0 Å². The minimum absolute atomic E-state index is 0.109. The summed E-state index contributed by atoms with van der Waals surface area (Å²) >= 11 is 0. The lowest BCUT2D eigenvalue weighted by Gasteiger charge is -2.33. The van der Waals surface area contributed by atoms with Crippen LogP contribution < -0.4 is 10.1 Å². The van der Waals surface area contributed by atoms with Gasteiger partial charge in [-0.25, -0.2) is 4.39 Å². The first-order chi connectivity index (χ1) is 11.3. The maximum absolute atomic E-state index is 13.7. The number of nitrogens with zero attached hydrogens (tertiary/aromatic N) is 1. The second kappa shape index (κ2) is 7.47. The van der Waals surface area contributed by atoms with E-state index in [-0.39, 0.29) is 5.82 Å². The molecule has 1 N–H and O–H groups in total. The number of likely N-dealkylation sites (tertiary alicyclic amines) is 1. The van der Waals surface area contributed by atoms with Crippen LogP contribution >= 0.6 is 0 Å². The van der Waals surface area contributed by atoms with Gasteiger partial charge in [0.05, 0.1) is 12.8 Å². The average molecular weight is 314 g/mol. The normalized spacial score (nSPS) is 16.3. The van der Waals surface area contributed by atoms with Gasteiger partial charge in [-0.2, -0.15) is 0 Å². The molecule has 1 saturated heterocycles. The van der Waals surface area contributed by atoms with E-state index in [2.05, 4.69) is 10.2 Å². The van der Waals surface area contributed by atoms with Crippen LogP contribution in [0.25, 0.3) is 0 Å². The second-order valence-electron chi connectivity index (χ2n) is 5.99. The van der Waals surface area contributed by atoms with Gasteiger partial charge in [-0.3, -0.25) is 4.90 Å². The second-order valence-corrected chi connectivity index (χ2v) is 5.99. The number of benzene rings is 2. The van der Waals surface area contributed by atoms with Gasteiger partial charge in [-0.15, -0.1) is 0 Å². The average Bonchev–Trinajstić information content (AvgIpc) is 2.59. The fraction of sp³-hybridized carbons (Fsp3) is 0.368. The smallest absolute Gasteiger partial charge is 0.141 e. The molecule has 4 heteroatoms. The van der Waals surface area contributed by atoms with Crippen LogP contribution in [0.2, 0.25) is 0 Å². The zero-order valence-electron chi connectivity index (χ0n) is 13.5. The fourth-order valence-corrected chi connectivity index (χ4v) is 3.09. The van der Waals surface area contributed by atoms with Crippen molar-refractivity contribution >= 4 is 5.69 Å². The van der Waals surface area contributed by atoms with Crippen molar-refractivity contribution in [2.45, 2.75) is 25.4 Å². The zero-order chi connectivity index (χ0) is 16.1. The van der Waals surface area contributed by atoms with E-state index in [1.807, 2.05) is 36.4 Å². The van der Waals surface area contributed by atoms with Crippen molar-refractivity contribution in [3.8, 4) is 5.75 Å². The Morgan fingerprint density at radius 3 is 2.52 bits per heavy atom. The molecule has 1 aliphatic heterocycles. The standard InChI is InChI=1S/C19H23FN2O/c1-23-19-9-5-4-8-18(19)21-16-10-12-22(13-11-16)14-15-6-2-3-7-17(15)20/h2-9,16,21H,10-14H2,1H3. The van der Waals surface area contributed by atoms with E-state index in [1.165, 1.54) is 6.07 Å². The summed E-state index contributed by atoms with van der Waals surface area (Å²) in [6, 6.07) is 15.5. The highest BCUT2D eigenvalue weighted by atomic mass is 19.1. The Morgan fingerprint density at radius 1 is 1.09 bits per heavy atom. The predicted molar refractivity (Wildman–Crippen MR) is 91.3 cm³/mol. The van der Waals surface area contributed by atoms with Gasteiger partial charge in [-0.05, 0) is 31.0 Å². The van der Waals surface area contributed by atoms with Crippen LogP contribution in [-0.2, 0) is 6.54 Å². The van der Waals surface area contributed by atoms with Crippen molar-refractivity contribution < 1.29 is 9.13 Å². The minimum atomic E-state index is -0.109. The van der Waals surface area contributed by atoms with Gasteiger partial charge in [0.1, 0.15) is 11.6 Å². The van der Waals surface area contributed by atoms with E-state index < -0.39 is 0 Å².